The molecule has 4 aromatic carbocycles. The third kappa shape index (κ3) is 6.35. The monoisotopic (exact) mass is 772 g/mol. The van der Waals surface area contributed by atoms with Gasteiger partial charge >= 0.3 is 0 Å². The first-order valence-corrected chi connectivity index (χ1v) is 22.8. The van der Waals surface area contributed by atoms with Crippen molar-refractivity contribution in [2.45, 2.75) is 51.6 Å². The Labute approximate surface area is 332 Å². The molecule has 0 atom stereocenters. The lowest BCUT2D eigenvalue weighted by Gasteiger charge is -2.10. The standard InChI is InChI=1S/C48H40N2S4/c1(3-5-19-49-45-11-7-33(37-15-21-51-29-37)25-41(45)42-26-34(8-12-46(42)49)38-16-22-52-30-38)2-4-6-20-50-47-13-9-35(39-17-23-53-31-39)27-43(47)44-28-36(10-14-48(44)50)40-18-24-54-32-40/h7-18,21-32H,1-6,19-20H2. The highest BCUT2D eigenvalue weighted by Gasteiger charge is 2.15. The van der Waals surface area contributed by atoms with Gasteiger partial charge < -0.3 is 9.13 Å². The molecule has 0 unspecified atom stereocenters. The van der Waals surface area contributed by atoms with E-state index in [1.807, 2.05) is 0 Å². The molecule has 10 rings (SSSR count). The summed E-state index contributed by atoms with van der Waals surface area (Å²) in [7, 11) is 0. The van der Waals surface area contributed by atoms with E-state index >= 15 is 0 Å². The molecule has 6 heteroatoms. The average Bonchev–Trinajstić information content (AvgIpc) is 4.07. The van der Waals surface area contributed by atoms with E-state index in [0.29, 0.717) is 0 Å². The minimum absolute atomic E-state index is 1.05. The van der Waals surface area contributed by atoms with Gasteiger partial charge in [0.1, 0.15) is 0 Å². The van der Waals surface area contributed by atoms with Crippen molar-refractivity contribution >= 4 is 89.0 Å². The molecule has 10 aromatic rings. The van der Waals surface area contributed by atoms with Gasteiger partial charge in [-0.2, -0.15) is 45.3 Å². The Morgan fingerprint density at radius 2 is 0.574 bits per heavy atom. The third-order valence-corrected chi connectivity index (χ3v) is 13.9. The molecule has 0 N–H and O–H groups in total. The summed E-state index contributed by atoms with van der Waals surface area (Å²) in [4.78, 5) is 0. The van der Waals surface area contributed by atoms with Gasteiger partial charge in [0.15, 0.2) is 0 Å². The Bertz CT molecular complexity index is 2430. The van der Waals surface area contributed by atoms with Crippen LogP contribution >= 0.6 is 45.3 Å². The molecule has 0 saturated heterocycles. The molecule has 266 valence electrons. The average molecular weight is 773 g/mol. The maximum atomic E-state index is 2.58. The lowest BCUT2D eigenvalue weighted by molar-refractivity contribution is 0.545. The number of rotatable bonds is 13. The van der Waals surface area contributed by atoms with Gasteiger partial charge in [0.25, 0.3) is 0 Å². The number of hydrogen-bond acceptors (Lipinski definition) is 4. The van der Waals surface area contributed by atoms with Gasteiger partial charge in [0.2, 0.25) is 0 Å². The number of unbranched alkanes of at least 4 members (excludes halogenated alkanes) is 5. The van der Waals surface area contributed by atoms with E-state index in [1.54, 1.807) is 45.3 Å². The molecule has 0 aliphatic heterocycles. The summed E-state index contributed by atoms with van der Waals surface area (Å²) >= 11 is 7.06. The Morgan fingerprint density at radius 1 is 0.296 bits per heavy atom. The Balaban J connectivity index is 0.823. The van der Waals surface area contributed by atoms with Crippen molar-refractivity contribution in [3.05, 3.63) is 140 Å². The fourth-order valence-corrected chi connectivity index (χ4v) is 11.0. The summed E-state index contributed by atoms with van der Waals surface area (Å²) < 4.78 is 5.16. The van der Waals surface area contributed by atoms with E-state index in [1.165, 1.54) is 127 Å². The fraction of sp³-hybridized carbons (Fsp3) is 0.167. The predicted octanol–water partition coefficient (Wildman–Crippen LogP) is 15.9. The molecular formula is C48H40N2S4. The van der Waals surface area contributed by atoms with Crippen LogP contribution in [0.2, 0.25) is 0 Å². The highest BCUT2D eigenvalue weighted by molar-refractivity contribution is 7.09. The molecule has 0 fully saturated rings. The molecule has 0 aliphatic carbocycles. The van der Waals surface area contributed by atoms with Crippen LogP contribution < -0.4 is 0 Å². The Morgan fingerprint density at radius 3 is 0.833 bits per heavy atom. The van der Waals surface area contributed by atoms with Gasteiger partial charge in [-0.25, -0.2) is 0 Å². The number of hydrogen-bond donors (Lipinski definition) is 0. The van der Waals surface area contributed by atoms with Crippen molar-refractivity contribution in [1.82, 2.24) is 9.13 Å². The van der Waals surface area contributed by atoms with Crippen molar-refractivity contribution in [2.24, 2.45) is 0 Å². The summed E-state index contributed by atoms with van der Waals surface area (Å²) in [5.74, 6) is 0. The first-order chi connectivity index (χ1) is 26.8. The molecular weight excluding hydrogens is 733 g/mol. The van der Waals surface area contributed by atoms with Gasteiger partial charge in [-0.1, -0.05) is 49.9 Å². The lowest BCUT2D eigenvalue weighted by atomic mass is 10.0. The molecule has 0 saturated carbocycles. The molecule has 2 nitrogen and oxygen atoms in total. The van der Waals surface area contributed by atoms with E-state index in [9.17, 15) is 0 Å². The minimum atomic E-state index is 1.05. The molecule has 0 amide bonds. The van der Waals surface area contributed by atoms with E-state index in [2.05, 4.69) is 149 Å². The van der Waals surface area contributed by atoms with Crippen LogP contribution in [-0.4, -0.2) is 9.13 Å². The zero-order chi connectivity index (χ0) is 35.8. The van der Waals surface area contributed by atoms with Gasteiger partial charge in [-0.3, -0.25) is 0 Å². The topological polar surface area (TPSA) is 9.86 Å². The second kappa shape index (κ2) is 14.8. The van der Waals surface area contributed by atoms with E-state index < -0.39 is 0 Å². The van der Waals surface area contributed by atoms with Crippen LogP contribution in [0.5, 0.6) is 0 Å². The normalized spacial score (nSPS) is 11.9. The maximum Gasteiger partial charge on any atom is 0.0491 e. The van der Waals surface area contributed by atoms with Gasteiger partial charge in [0.05, 0.1) is 0 Å². The van der Waals surface area contributed by atoms with E-state index in [-0.39, 0.29) is 0 Å². The summed E-state index contributed by atoms with van der Waals surface area (Å²) in [6, 6.07) is 37.2. The highest BCUT2D eigenvalue weighted by atomic mass is 32.1. The van der Waals surface area contributed by atoms with E-state index in [4.69, 9.17) is 0 Å². The van der Waals surface area contributed by atoms with Crippen molar-refractivity contribution in [2.75, 3.05) is 0 Å². The van der Waals surface area contributed by atoms with Gasteiger partial charge in [0, 0.05) is 56.7 Å². The maximum absolute atomic E-state index is 2.58. The van der Waals surface area contributed by atoms with Gasteiger partial charge in [-0.15, -0.1) is 0 Å². The first-order valence-electron chi connectivity index (χ1n) is 19.0. The van der Waals surface area contributed by atoms with E-state index in [0.717, 1.165) is 13.1 Å². The lowest BCUT2D eigenvalue weighted by Crippen LogP contribution is -1.99. The fourth-order valence-electron chi connectivity index (χ4n) is 8.37. The summed E-state index contributed by atoms with van der Waals surface area (Å²) in [6.45, 7) is 2.11. The van der Waals surface area contributed by atoms with Crippen molar-refractivity contribution in [3.8, 4) is 44.5 Å². The van der Waals surface area contributed by atoms with Crippen LogP contribution in [0.15, 0.2) is 140 Å². The number of thiophene rings is 4. The number of aromatic nitrogens is 2. The number of benzene rings is 4. The smallest absolute Gasteiger partial charge is 0.0491 e. The van der Waals surface area contributed by atoms with Crippen molar-refractivity contribution < 1.29 is 0 Å². The number of fused-ring (bicyclic) bond motifs is 6. The molecule has 6 heterocycles. The first kappa shape index (κ1) is 33.8. The summed E-state index contributed by atoms with van der Waals surface area (Å²) in [5, 5.41) is 23.2. The predicted molar refractivity (Wildman–Crippen MR) is 240 cm³/mol. The second-order valence-electron chi connectivity index (χ2n) is 14.4. The number of aryl methyl sites for hydroxylation is 2. The van der Waals surface area contributed by atoms with Crippen molar-refractivity contribution in [3.63, 3.8) is 0 Å². The molecule has 54 heavy (non-hydrogen) atoms. The SMILES string of the molecule is c1cc(-c2ccc3c(c2)c2cc(-c4ccsc4)ccc2n3CCCCCCCCn2c3ccc(-c4ccsc4)cc3c3cc(-c4ccsc4)ccc32)cs1. The van der Waals surface area contributed by atoms with Crippen LogP contribution in [0.25, 0.3) is 88.1 Å². The zero-order valence-electron chi connectivity index (χ0n) is 30.0. The largest absolute Gasteiger partial charge is 0.340 e. The quantitative estimate of drug-likeness (QED) is 0.103. The molecule has 0 radical (unpaired) electrons. The van der Waals surface area contributed by atoms with Crippen LogP contribution in [-0.2, 0) is 13.1 Å². The van der Waals surface area contributed by atoms with Crippen molar-refractivity contribution in [1.29, 1.82) is 0 Å². The molecule has 0 aliphatic rings. The Kier molecular flexibility index (Phi) is 9.29. The zero-order valence-corrected chi connectivity index (χ0v) is 33.3. The third-order valence-electron chi connectivity index (χ3n) is 11.2. The van der Waals surface area contributed by atoms with Crippen LogP contribution in [0.4, 0.5) is 0 Å². The van der Waals surface area contributed by atoms with Gasteiger partial charge in [-0.05, 0) is 173 Å². The summed E-state index contributed by atoms with van der Waals surface area (Å²) in [6.07, 6.45) is 7.47. The molecule has 0 bridgehead atoms. The second-order valence-corrected chi connectivity index (χ2v) is 17.5. The Hall–Kier alpha value is -4.72. The van der Waals surface area contributed by atoms with Crippen LogP contribution in [0.1, 0.15) is 38.5 Å². The number of nitrogens with zero attached hydrogens (tertiary/aromatic N) is 2. The minimum Gasteiger partial charge on any atom is -0.340 e. The van der Waals surface area contributed by atoms with Crippen LogP contribution in [0, 0.1) is 0 Å². The summed E-state index contributed by atoms with van der Waals surface area (Å²) in [5.41, 5.74) is 15.8. The van der Waals surface area contributed by atoms with Crippen LogP contribution in [0.3, 0.4) is 0 Å². The molecule has 0 spiro atoms. The highest BCUT2D eigenvalue weighted by Crippen LogP contribution is 2.38. The molecule has 6 aromatic heterocycles.